The molecule has 2 atom stereocenters. The third-order valence-corrected chi connectivity index (χ3v) is 6.28. The number of hydrogen-bond acceptors (Lipinski definition) is 3. The van der Waals surface area contributed by atoms with Gasteiger partial charge in [-0.2, -0.15) is 0 Å². The number of carbonyl (C=O) groups is 1. The van der Waals surface area contributed by atoms with Crippen LogP contribution in [-0.4, -0.2) is 30.7 Å². The van der Waals surface area contributed by atoms with Crippen molar-refractivity contribution in [1.82, 2.24) is 5.32 Å². The van der Waals surface area contributed by atoms with E-state index in [0.29, 0.717) is 12.2 Å². The minimum absolute atomic E-state index is 0.0729. The standard InChI is InChI=1S/C23H27FN2O2/c1-25-15-19(27)20(16-9-4-2-5-10-16)26-21-17(11-8-12-18(21)24)23(22(26)28)13-6-3-7-14-23/h2,4-5,8-12,19-20,25,27H,3,6-7,13-15H2,1H3. The zero-order valence-corrected chi connectivity index (χ0v) is 16.2. The number of fused-ring (bicyclic) bond motifs is 2. The Morgan fingerprint density at radius 1 is 1.11 bits per heavy atom. The number of carbonyl (C=O) groups excluding carboxylic acids is 1. The minimum atomic E-state index is -0.859. The Morgan fingerprint density at radius 3 is 2.50 bits per heavy atom. The lowest BCUT2D eigenvalue weighted by Gasteiger charge is -2.36. The molecule has 1 fully saturated rings. The van der Waals surface area contributed by atoms with Crippen molar-refractivity contribution in [3.05, 3.63) is 65.5 Å². The van der Waals surface area contributed by atoms with E-state index in [1.54, 1.807) is 18.0 Å². The molecular formula is C23H27FN2O2. The average Bonchev–Trinajstić information content (AvgIpc) is 2.94. The number of nitrogens with zero attached hydrogens (tertiary/aromatic N) is 1. The first kappa shape index (κ1) is 19.1. The topological polar surface area (TPSA) is 52.6 Å². The maximum Gasteiger partial charge on any atom is 0.238 e. The van der Waals surface area contributed by atoms with Crippen LogP contribution in [0, 0.1) is 5.82 Å². The van der Waals surface area contributed by atoms with Gasteiger partial charge in [0.2, 0.25) is 5.91 Å². The van der Waals surface area contributed by atoms with Crippen LogP contribution in [0.25, 0.3) is 0 Å². The van der Waals surface area contributed by atoms with Crippen molar-refractivity contribution in [2.75, 3.05) is 18.5 Å². The zero-order valence-electron chi connectivity index (χ0n) is 16.2. The summed E-state index contributed by atoms with van der Waals surface area (Å²) in [4.78, 5) is 15.4. The second kappa shape index (κ2) is 7.64. The van der Waals surface area contributed by atoms with Gasteiger partial charge in [0.05, 0.1) is 23.2 Å². The molecule has 2 aromatic rings. The number of hydrogen-bond donors (Lipinski definition) is 2. The molecule has 1 spiro atoms. The number of aliphatic hydroxyl groups excluding tert-OH is 1. The van der Waals surface area contributed by atoms with Crippen LogP contribution >= 0.6 is 0 Å². The molecule has 1 aliphatic carbocycles. The summed E-state index contributed by atoms with van der Waals surface area (Å²) in [6.45, 7) is 0.306. The number of anilines is 1. The van der Waals surface area contributed by atoms with Crippen LogP contribution in [0.1, 0.15) is 49.3 Å². The highest BCUT2D eigenvalue weighted by molar-refractivity contribution is 6.09. The lowest BCUT2D eigenvalue weighted by Crippen LogP contribution is -2.48. The number of para-hydroxylation sites is 1. The Balaban J connectivity index is 1.88. The summed E-state index contributed by atoms with van der Waals surface area (Å²) in [7, 11) is 1.76. The minimum Gasteiger partial charge on any atom is -0.389 e. The van der Waals surface area contributed by atoms with Gasteiger partial charge < -0.3 is 10.4 Å². The van der Waals surface area contributed by atoms with Gasteiger partial charge in [-0.05, 0) is 37.1 Å². The van der Waals surface area contributed by atoms with E-state index in [4.69, 9.17) is 0 Å². The van der Waals surface area contributed by atoms with Crippen molar-refractivity contribution >= 4 is 11.6 Å². The fourth-order valence-electron chi connectivity index (χ4n) is 5.01. The summed E-state index contributed by atoms with van der Waals surface area (Å²) in [5, 5.41) is 13.9. The fourth-order valence-corrected chi connectivity index (χ4v) is 5.01. The lowest BCUT2D eigenvalue weighted by molar-refractivity contribution is -0.125. The van der Waals surface area contributed by atoms with Crippen molar-refractivity contribution in [2.24, 2.45) is 0 Å². The van der Waals surface area contributed by atoms with Gasteiger partial charge in [-0.25, -0.2) is 4.39 Å². The molecule has 1 saturated carbocycles. The first-order valence-electron chi connectivity index (χ1n) is 10.1. The zero-order chi connectivity index (χ0) is 19.7. The molecule has 0 radical (unpaired) electrons. The van der Waals surface area contributed by atoms with Gasteiger partial charge in [-0.1, -0.05) is 61.7 Å². The van der Waals surface area contributed by atoms with E-state index in [2.05, 4.69) is 5.32 Å². The number of benzene rings is 2. The monoisotopic (exact) mass is 382 g/mol. The van der Waals surface area contributed by atoms with Crippen LogP contribution < -0.4 is 10.2 Å². The van der Waals surface area contributed by atoms with Crippen LogP contribution in [0.2, 0.25) is 0 Å². The molecule has 2 N–H and O–H groups in total. The van der Waals surface area contributed by atoms with Gasteiger partial charge in [0.15, 0.2) is 0 Å². The fraction of sp³-hybridized carbons (Fsp3) is 0.435. The second-order valence-corrected chi connectivity index (χ2v) is 7.93. The molecule has 2 aromatic carbocycles. The molecule has 4 nitrogen and oxygen atoms in total. The predicted octanol–water partition coefficient (Wildman–Crippen LogP) is 3.70. The average molecular weight is 382 g/mol. The van der Waals surface area contributed by atoms with E-state index < -0.39 is 23.4 Å². The van der Waals surface area contributed by atoms with E-state index in [9.17, 15) is 9.90 Å². The highest BCUT2D eigenvalue weighted by Gasteiger charge is 2.54. The predicted molar refractivity (Wildman–Crippen MR) is 108 cm³/mol. The Morgan fingerprint density at radius 2 is 1.82 bits per heavy atom. The third-order valence-electron chi connectivity index (χ3n) is 6.28. The van der Waals surface area contributed by atoms with Crippen molar-refractivity contribution in [2.45, 2.75) is 49.7 Å². The molecule has 1 aliphatic heterocycles. The summed E-state index contributed by atoms with van der Waals surface area (Å²) in [6.07, 6.45) is 3.65. The summed E-state index contributed by atoms with van der Waals surface area (Å²) in [5.41, 5.74) is 1.27. The first-order chi connectivity index (χ1) is 13.6. The Labute approximate surface area is 165 Å². The Kier molecular flexibility index (Phi) is 5.21. The number of likely N-dealkylation sites (N-methyl/N-ethyl adjacent to an activating group) is 1. The Hall–Kier alpha value is -2.24. The largest absolute Gasteiger partial charge is 0.389 e. The van der Waals surface area contributed by atoms with Crippen molar-refractivity contribution in [3.63, 3.8) is 0 Å². The summed E-state index contributed by atoms with van der Waals surface area (Å²) in [6, 6.07) is 13.8. The molecule has 28 heavy (non-hydrogen) atoms. The Bertz CT molecular complexity index is 849. The molecule has 1 amide bonds. The van der Waals surface area contributed by atoms with Gasteiger partial charge >= 0.3 is 0 Å². The number of amides is 1. The summed E-state index contributed by atoms with van der Waals surface area (Å²) >= 11 is 0. The third kappa shape index (κ3) is 2.93. The highest BCUT2D eigenvalue weighted by Crippen LogP contribution is 2.53. The normalized spacial score (nSPS) is 20.2. The quantitative estimate of drug-likeness (QED) is 0.829. The van der Waals surface area contributed by atoms with Gasteiger partial charge in [0.1, 0.15) is 5.82 Å². The van der Waals surface area contributed by atoms with Gasteiger partial charge in [-0.15, -0.1) is 0 Å². The van der Waals surface area contributed by atoms with Gasteiger partial charge in [-0.3, -0.25) is 9.69 Å². The molecule has 2 aliphatic rings. The maximum absolute atomic E-state index is 15.1. The van der Waals surface area contributed by atoms with Crippen molar-refractivity contribution < 1.29 is 14.3 Å². The van der Waals surface area contributed by atoms with E-state index in [1.165, 1.54) is 6.07 Å². The smallest absolute Gasteiger partial charge is 0.238 e. The SMILES string of the molecule is CNCC(O)C(c1ccccc1)N1C(=O)C2(CCCCC2)c2cccc(F)c21. The second-order valence-electron chi connectivity index (χ2n) is 7.93. The molecule has 4 rings (SSSR count). The highest BCUT2D eigenvalue weighted by atomic mass is 19.1. The van der Waals surface area contributed by atoms with Gasteiger partial charge in [0, 0.05) is 6.54 Å². The van der Waals surface area contributed by atoms with Crippen LogP contribution in [0.3, 0.4) is 0 Å². The number of rotatable bonds is 5. The van der Waals surface area contributed by atoms with E-state index in [0.717, 1.165) is 43.2 Å². The molecule has 0 aromatic heterocycles. The molecule has 0 bridgehead atoms. The summed E-state index contributed by atoms with van der Waals surface area (Å²) in [5.74, 6) is -0.470. The molecular weight excluding hydrogens is 355 g/mol. The molecule has 5 heteroatoms. The molecule has 2 unspecified atom stereocenters. The molecule has 0 saturated heterocycles. The molecule has 1 heterocycles. The first-order valence-corrected chi connectivity index (χ1v) is 10.1. The maximum atomic E-state index is 15.1. The number of nitrogens with one attached hydrogen (secondary N) is 1. The van der Waals surface area contributed by atoms with Crippen LogP contribution in [-0.2, 0) is 10.2 Å². The van der Waals surface area contributed by atoms with Crippen molar-refractivity contribution in [1.29, 1.82) is 0 Å². The van der Waals surface area contributed by atoms with Crippen LogP contribution in [0.5, 0.6) is 0 Å². The van der Waals surface area contributed by atoms with Gasteiger partial charge in [0.25, 0.3) is 0 Å². The number of halogens is 1. The van der Waals surface area contributed by atoms with E-state index in [-0.39, 0.29) is 5.91 Å². The van der Waals surface area contributed by atoms with E-state index >= 15 is 4.39 Å². The number of aliphatic hydroxyl groups is 1. The van der Waals surface area contributed by atoms with E-state index in [1.807, 2.05) is 36.4 Å². The molecule has 148 valence electrons. The van der Waals surface area contributed by atoms with Crippen LogP contribution in [0.15, 0.2) is 48.5 Å². The van der Waals surface area contributed by atoms with Crippen molar-refractivity contribution in [3.8, 4) is 0 Å². The lowest BCUT2D eigenvalue weighted by atomic mass is 9.70. The van der Waals surface area contributed by atoms with Crippen LogP contribution in [0.4, 0.5) is 10.1 Å². The summed E-state index contributed by atoms with van der Waals surface area (Å²) < 4.78 is 15.1.